The van der Waals surface area contributed by atoms with Crippen LogP contribution in [0.15, 0.2) is 66.7 Å². The molecule has 4 heteroatoms. The Balaban J connectivity index is 1.70. The third-order valence-electron chi connectivity index (χ3n) is 6.80. The van der Waals surface area contributed by atoms with Crippen molar-refractivity contribution in [1.29, 1.82) is 0 Å². The van der Waals surface area contributed by atoms with Gasteiger partial charge in [0.15, 0.2) is 0 Å². The molecular weight excluding hydrogens is 422 g/mol. The second-order valence-electron chi connectivity index (χ2n) is 9.36. The van der Waals surface area contributed by atoms with Crippen molar-refractivity contribution in [3.63, 3.8) is 0 Å². The van der Waals surface area contributed by atoms with Gasteiger partial charge in [-0.15, -0.1) is 0 Å². The van der Waals surface area contributed by atoms with Crippen molar-refractivity contribution in [2.24, 2.45) is 0 Å². The predicted octanol–water partition coefficient (Wildman–Crippen LogP) is 5.83. The minimum absolute atomic E-state index is 0.289. The fourth-order valence-electron chi connectivity index (χ4n) is 4.58. The lowest BCUT2D eigenvalue weighted by Gasteiger charge is -2.31. The number of aliphatic hydroxyl groups excluding tert-OH is 2. The summed E-state index contributed by atoms with van der Waals surface area (Å²) in [5.41, 5.74) is 1.98. The van der Waals surface area contributed by atoms with Gasteiger partial charge < -0.3 is 15.5 Å². The molecular formula is C30H39NO3. The molecule has 0 radical (unpaired) electrons. The second kappa shape index (κ2) is 13.3. The molecule has 0 aliphatic heterocycles. The van der Waals surface area contributed by atoms with Crippen molar-refractivity contribution in [3.05, 3.63) is 83.4 Å². The Morgan fingerprint density at radius 1 is 0.735 bits per heavy atom. The number of hydrogen-bond acceptors (Lipinski definition) is 3. The van der Waals surface area contributed by atoms with Gasteiger partial charge in [-0.25, -0.2) is 0 Å². The number of rotatable bonds is 14. The Labute approximate surface area is 204 Å². The third-order valence-corrected chi connectivity index (χ3v) is 6.80. The van der Waals surface area contributed by atoms with E-state index < -0.39 is 5.54 Å². The van der Waals surface area contributed by atoms with Crippen LogP contribution in [-0.4, -0.2) is 34.9 Å². The van der Waals surface area contributed by atoms with Gasteiger partial charge in [0.1, 0.15) is 0 Å². The smallest absolute Gasteiger partial charge is 0.251 e. The van der Waals surface area contributed by atoms with Crippen LogP contribution in [0.1, 0.15) is 73.4 Å². The van der Waals surface area contributed by atoms with E-state index in [1.54, 1.807) is 24.3 Å². The molecule has 3 aromatic carbocycles. The Morgan fingerprint density at radius 2 is 1.29 bits per heavy atom. The highest BCUT2D eigenvalue weighted by Gasteiger charge is 2.31. The van der Waals surface area contributed by atoms with Crippen molar-refractivity contribution in [2.45, 2.75) is 70.3 Å². The van der Waals surface area contributed by atoms with E-state index in [1.165, 1.54) is 60.4 Å². The van der Waals surface area contributed by atoms with Crippen LogP contribution in [0.5, 0.6) is 0 Å². The Hall–Kier alpha value is -2.69. The average Bonchev–Trinajstić information content (AvgIpc) is 2.89. The van der Waals surface area contributed by atoms with Crippen molar-refractivity contribution in [3.8, 4) is 0 Å². The number of fused-ring (bicyclic) bond motifs is 1. The average molecular weight is 462 g/mol. The maximum Gasteiger partial charge on any atom is 0.251 e. The van der Waals surface area contributed by atoms with E-state index >= 15 is 0 Å². The quantitative estimate of drug-likeness (QED) is 0.265. The molecule has 1 amide bonds. The monoisotopic (exact) mass is 461 g/mol. The maximum absolute atomic E-state index is 12.7. The van der Waals surface area contributed by atoms with Crippen LogP contribution >= 0.6 is 0 Å². The number of carbonyl (C=O) groups is 1. The molecule has 0 unspecified atom stereocenters. The Morgan fingerprint density at radius 3 is 1.91 bits per heavy atom. The summed E-state index contributed by atoms with van der Waals surface area (Å²) in [6, 6.07) is 21.8. The fraction of sp³-hybridized carbons (Fsp3) is 0.433. The second-order valence-corrected chi connectivity index (χ2v) is 9.36. The van der Waals surface area contributed by atoms with Crippen LogP contribution in [0.4, 0.5) is 0 Å². The molecule has 34 heavy (non-hydrogen) atoms. The van der Waals surface area contributed by atoms with Gasteiger partial charge in [-0.2, -0.15) is 0 Å². The summed E-state index contributed by atoms with van der Waals surface area (Å²) in [5.74, 6) is -0.289. The molecule has 3 rings (SSSR count). The van der Waals surface area contributed by atoms with E-state index in [2.05, 4.69) is 48.6 Å². The van der Waals surface area contributed by atoms with Crippen LogP contribution in [0, 0.1) is 0 Å². The summed E-state index contributed by atoms with van der Waals surface area (Å²) in [6.45, 7) is 1.60. The number of benzene rings is 3. The third kappa shape index (κ3) is 6.91. The van der Waals surface area contributed by atoms with Crippen molar-refractivity contribution in [2.75, 3.05) is 13.2 Å². The van der Waals surface area contributed by atoms with Crippen LogP contribution in [0.2, 0.25) is 0 Å². The lowest BCUT2D eigenvalue weighted by Crippen LogP contribution is -2.54. The number of aryl methyl sites for hydroxylation is 2. The number of unbranched alkanes of at least 4 members (excludes halogenated alkanes) is 5. The Bertz CT molecular complexity index is 1030. The number of carbonyl (C=O) groups excluding carboxylic acids is 1. The standard InChI is InChI=1S/C30H39NO3/c1-2-3-4-5-6-8-13-24-18-19-25(28-17-12-11-16-27(24)28)20-21-30(22-32,23-33)31-29(34)26-14-9-7-10-15-26/h7,9-12,14-19,32-33H,2-6,8,13,20-23H2,1H3,(H,31,34). The summed E-state index contributed by atoms with van der Waals surface area (Å²) in [7, 11) is 0. The zero-order chi connectivity index (χ0) is 24.2. The highest BCUT2D eigenvalue weighted by Crippen LogP contribution is 2.27. The molecule has 0 heterocycles. The van der Waals surface area contributed by atoms with Crippen LogP contribution in [0.25, 0.3) is 10.8 Å². The van der Waals surface area contributed by atoms with Crippen molar-refractivity contribution in [1.82, 2.24) is 5.32 Å². The van der Waals surface area contributed by atoms with Gasteiger partial charge in [0.25, 0.3) is 5.91 Å². The number of nitrogens with one attached hydrogen (secondary N) is 1. The molecule has 0 bridgehead atoms. The van der Waals surface area contributed by atoms with Crippen LogP contribution < -0.4 is 5.32 Å². The first kappa shape index (κ1) is 25.9. The highest BCUT2D eigenvalue weighted by atomic mass is 16.3. The van der Waals surface area contributed by atoms with Crippen LogP contribution in [0.3, 0.4) is 0 Å². The summed E-state index contributed by atoms with van der Waals surface area (Å²) in [6.07, 6.45) is 9.88. The fourth-order valence-corrected chi connectivity index (χ4v) is 4.58. The van der Waals surface area contributed by atoms with Gasteiger partial charge in [-0.1, -0.05) is 93.6 Å². The van der Waals surface area contributed by atoms with Gasteiger partial charge in [0, 0.05) is 5.56 Å². The van der Waals surface area contributed by atoms with E-state index in [0.717, 1.165) is 6.42 Å². The molecule has 0 spiro atoms. The van der Waals surface area contributed by atoms with Gasteiger partial charge >= 0.3 is 0 Å². The van der Waals surface area contributed by atoms with E-state index in [4.69, 9.17) is 0 Å². The van der Waals surface area contributed by atoms with Gasteiger partial charge in [0.2, 0.25) is 0 Å². The van der Waals surface area contributed by atoms with E-state index in [9.17, 15) is 15.0 Å². The van der Waals surface area contributed by atoms with Gasteiger partial charge in [-0.05, 0) is 59.7 Å². The van der Waals surface area contributed by atoms with Crippen molar-refractivity contribution < 1.29 is 15.0 Å². The SMILES string of the molecule is CCCCCCCCc1ccc(CCC(CO)(CO)NC(=O)c2ccccc2)c2ccccc12. The molecule has 3 N–H and O–H groups in total. The normalized spacial score (nSPS) is 11.6. The molecule has 182 valence electrons. The molecule has 0 atom stereocenters. The Kier molecular flexibility index (Phi) is 10.1. The zero-order valence-electron chi connectivity index (χ0n) is 20.4. The number of hydrogen-bond donors (Lipinski definition) is 3. The first-order valence-corrected chi connectivity index (χ1v) is 12.7. The minimum atomic E-state index is -1.08. The molecule has 0 aliphatic rings. The number of aliphatic hydroxyl groups is 2. The van der Waals surface area contributed by atoms with E-state index in [0.29, 0.717) is 18.4 Å². The molecule has 0 saturated carbocycles. The lowest BCUT2D eigenvalue weighted by atomic mass is 9.89. The lowest BCUT2D eigenvalue weighted by molar-refractivity contribution is 0.0636. The first-order valence-electron chi connectivity index (χ1n) is 12.7. The zero-order valence-corrected chi connectivity index (χ0v) is 20.4. The van der Waals surface area contributed by atoms with E-state index in [1.807, 2.05) is 6.07 Å². The summed E-state index contributed by atoms with van der Waals surface area (Å²) < 4.78 is 0. The molecule has 0 fully saturated rings. The largest absolute Gasteiger partial charge is 0.394 e. The number of amides is 1. The first-order chi connectivity index (χ1) is 16.6. The molecule has 0 saturated heterocycles. The predicted molar refractivity (Wildman–Crippen MR) is 140 cm³/mol. The van der Waals surface area contributed by atoms with Gasteiger partial charge in [0.05, 0.1) is 18.8 Å². The maximum atomic E-state index is 12.7. The van der Waals surface area contributed by atoms with Gasteiger partial charge in [-0.3, -0.25) is 4.79 Å². The summed E-state index contributed by atoms with van der Waals surface area (Å²) in [5, 5.41) is 25.6. The van der Waals surface area contributed by atoms with Crippen LogP contribution in [-0.2, 0) is 12.8 Å². The minimum Gasteiger partial charge on any atom is -0.394 e. The molecule has 0 aromatic heterocycles. The molecule has 3 aromatic rings. The molecule has 0 aliphatic carbocycles. The summed E-state index contributed by atoms with van der Waals surface area (Å²) in [4.78, 5) is 12.7. The van der Waals surface area contributed by atoms with Crippen molar-refractivity contribution >= 4 is 16.7 Å². The topological polar surface area (TPSA) is 69.6 Å². The summed E-state index contributed by atoms with van der Waals surface area (Å²) >= 11 is 0. The molecule has 4 nitrogen and oxygen atoms in total. The highest BCUT2D eigenvalue weighted by molar-refractivity contribution is 5.94. The van der Waals surface area contributed by atoms with E-state index in [-0.39, 0.29) is 19.1 Å².